The second-order valence-electron chi connectivity index (χ2n) is 5.85. The number of nitrogens with two attached hydrogens (primary N) is 1. The fourth-order valence-corrected chi connectivity index (χ4v) is 3.90. The fraction of sp³-hybridized carbons (Fsp3) is 1.00. The average Bonchev–Trinajstić information content (AvgIpc) is 2.46. The van der Waals surface area contributed by atoms with Crippen LogP contribution in [0.3, 0.4) is 0 Å². The van der Waals surface area contributed by atoms with Gasteiger partial charge in [-0.1, -0.05) is 42.4 Å². The molecule has 0 aromatic heterocycles. The highest BCUT2D eigenvalue weighted by Crippen LogP contribution is 2.39. The van der Waals surface area contributed by atoms with Crippen molar-refractivity contribution in [3.05, 3.63) is 0 Å². The van der Waals surface area contributed by atoms with Crippen molar-refractivity contribution in [2.75, 3.05) is 53.2 Å². The van der Waals surface area contributed by atoms with Gasteiger partial charge in [0, 0.05) is 11.3 Å². The van der Waals surface area contributed by atoms with Crippen LogP contribution in [0.1, 0.15) is 33.6 Å². The van der Waals surface area contributed by atoms with Crippen LogP contribution in [0.15, 0.2) is 0 Å². The zero-order valence-corrected chi connectivity index (χ0v) is 16.2. The summed E-state index contributed by atoms with van der Waals surface area (Å²) in [5.41, 5.74) is 5.56. The second-order valence-corrected chi connectivity index (χ2v) is 9.04. The third kappa shape index (κ3) is 16.9. The van der Waals surface area contributed by atoms with Crippen LogP contribution in [-0.4, -0.2) is 63.4 Å². The van der Waals surface area contributed by atoms with Crippen molar-refractivity contribution in [1.82, 2.24) is 5.32 Å². The number of ether oxygens (including phenoxy) is 3. The van der Waals surface area contributed by atoms with Gasteiger partial charge in [-0.3, -0.25) is 0 Å². The Morgan fingerprint density at radius 2 is 1.68 bits per heavy atom. The number of rotatable bonds is 15. The zero-order valence-electron chi connectivity index (χ0n) is 14.6. The van der Waals surface area contributed by atoms with Crippen LogP contribution in [0.4, 0.5) is 0 Å². The molecule has 0 aromatic rings. The highest BCUT2D eigenvalue weighted by atomic mass is 33.1. The molecule has 0 saturated carbocycles. The van der Waals surface area contributed by atoms with Gasteiger partial charge in [-0.05, 0) is 26.4 Å². The van der Waals surface area contributed by atoms with E-state index < -0.39 is 0 Å². The monoisotopic (exact) mass is 354 g/mol. The maximum atomic E-state index is 5.94. The fourth-order valence-electron chi connectivity index (χ4n) is 1.45. The first kappa shape index (κ1) is 22.5. The molecule has 0 amide bonds. The van der Waals surface area contributed by atoms with E-state index in [4.69, 9.17) is 19.9 Å². The summed E-state index contributed by atoms with van der Waals surface area (Å²) in [5.74, 6) is 0. The molecule has 0 saturated heterocycles. The van der Waals surface area contributed by atoms with E-state index in [-0.39, 0.29) is 10.2 Å². The lowest BCUT2D eigenvalue weighted by Gasteiger charge is -2.22. The molecule has 0 spiro atoms. The predicted octanol–water partition coefficient (Wildman–Crippen LogP) is 2.50. The van der Waals surface area contributed by atoms with E-state index >= 15 is 0 Å². The molecule has 3 N–H and O–H groups in total. The van der Waals surface area contributed by atoms with Crippen molar-refractivity contribution in [1.29, 1.82) is 0 Å². The van der Waals surface area contributed by atoms with Crippen LogP contribution in [0.25, 0.3) is 0 Å². The Morgan fingerprint density at radius 3 is 2.27 bits per heavy atom. The van der Waals surface area contributed by atoms with Gasteiger partial charge in [0.1, 0.15) is 5.44 Å². The average molecular weight is 355 g/mol. The molecule has 5 nitrogen and oxygen atoms in total. The maximum absolute atomic E-state index is 5.94. The topological polar surface area (TPSA) is 65.7 Å². The Morgan fingerprint density at radius 1 is 1.05 bits per heavy atom. The molecule has 0 aliphatic carbocycles. The SMILES string of the molecule is CNCCCC(OCCOCCOCCN)SSC(C)(C)C. The largest absolute Gasteiger partial charge is 0.378 e. The Labute approximate surface area is 144 Å². The lowest BCUT2D eigenvalue weighted by Crippen LogP contribution is -2.18. The number of hydrogen-bond donors (Lipinski definition) is 2. The molecule has 0 radical (unpaired) electrons. The van der Waals surface area contributed by atoms with Gasteiger partial charge in [-0.15, -0.1) is 0 Å². The smallest absolute Gasteiger partial charge is 0.113 e. The molecule has 0 fully saturated rings. The van der Waals surface area contributed by atoms with Crippen molar-refractivity contribution in [3.63, 3.8) is 0 Å². The van der Waals surface area contributed by atoms with E-state index in [1.165, 1.54) is 0 Å². The lowest BCUT2D eigenvalue weighted by atomic mass is 10.3. The maximum Gasteiger partial charge on any atom is 0.113 e. The first-order chi connectivity index (χ1) is 10.5. The Balaban J connectivity index is 3.72. The molecule has 1 atom stereocenters. The predicted molar refractivity (Wildman–Crippen MR) is 98.5 cm³/mol. The van der Waals surface area contributed by atoms with Crippen LogP contribution in [-0.2, 0) is 14.2 Å². The Bertz CT molecular complexity index is 241. The summed E-state index contributed by atoms with van der Waals surface area (Å²) in [7, 11) is 5.68. The molecule has 1 unspecified atom stereocenters. The highest BCUT2D eigenvalue weighted by molar-refractivity contribution is 8.77. The van der Waals surface area contributed by atoms with E-state index in [0.29, 0.717) is 39.6 Å². The van der Waals surface area contributed by atoms with Gasteiger partial charge in [0.15, 0.2) is 0 Å². The van der Waals surface area contributed by atoms with Crippen molar-refractivity contribution >= 4 is 21.6 Å². The van der Waals surface area contributed by atoms with Gasteiger partial charge in [0.25, 0.3) is 0 Å². The van der Waals surface area contributed by atoms with Gasteiger partial charge in [-0.2, -0.15) is 0 Å². The molecular formula is C15H34N2O3S2. The van der Waals surface area contributed by atoms with Gasteiger partial charge in [-0.25, -0.2) is 0 Å². The third-order valence-electron chi connectivity index (χ3n) is 2.44. The minimum absolute atomic E-state index is 0.217. The van der Waals surface area contributed by atoms with Gasteiger partial charge in [0.2, 0.25) is 0 Å². The molecule has 0 rings (SSSR count). The summed E-state index contributed by atoms with van der Waals surface area (Å²) in [5, 5.41) is 3.18. The molecule has 0 aromatic carbocycles. The lowest BCUT2D eigenvalue weighted by molar-refractivity contribution is 0.00906. The Hall–Kier alpha value is 0.500. The van der Waals surface area contributed by atoms with Crippen molar-refractivity contribution < 1.29 is 14.2 Å². The number of nitrogens with one attached hydrogen (secondary N) is 1. The van der Waals surface area contributed by atoms with Crippen molar-refractivity contribution in [3.8, 4) is 0 Å². The molecule has 134 valence electrons. The minimum Gasteiger partial charge on any atom is -0.378 e. The summed E-state index contributed by atoms with van der Waals surface area (Å²) >= 11 is 0. The highest BCUT2D eigenvalue weighted by Gasteiger charge is 2.17. The van der Waals surface area contributed by atoms with Crippen LogP contribution in [0.5, 0.6) is 0 Å². The molecular weight excluding hydrogens is 320 g/mol. The summed E-state index contributed by atoms with van der Waals surface area (Å²) in [6, 6.07) is 0. The minimum atomic E-state index is 0.217. The van der Waals surface area contributed by atoms with Gasteiger partial charge < -0.3 is 25.3 Å². The first-order valence-corrected chi connectivity index (χ1v) is 10.2. The van der Waals surface area contributed by atoms with Crippen LogP contribution in [0, 0.1) is 0 Å². The van der Waals surface area contributed by atoms with Crippen molar-refractivity contribution in [2.24, 2.45) is 5.73 Å². The van der Waals surface area contributed by atoms with E-state index in [2.05, 4.69) is 26.1 Å². The quantitative estimate of drug-likeness (QED) is 0.266. The first-order valence-electron chi connectivity index (χ1n) is 7.96. The second kappa shape index (κ2) is 15.1. The van der Waals surface area contributed by atoms with Crippen molar-refractivity contribution in [2.45, 2.75) is 43.8 Å². The summed E-state index contributed by atoms with van der Waals surface area (Å²) in [6.07, 6.45) is 2.17. The summed E-state index contributed by atoms with van der Waals surface area (Å²) < 4.78 is 16.9. The molecule has 7 heteroatoms. The van der Waals surface area contributed by atoms with Crippen LogP contribution >= 0.6 is 21.6 Å². The molecule has 0 heterocycles. The normalized spacial score (nSPS) is 13.5. The van der Waals surface area contributed by atoms with E-state index in [0.717, 1.165) is 19.4 Å². The zero-order chi connectivity index (χ0) is 16.7. The summed E-state index contributed by atoms with van der Waals surface area (Å²) in [6.45, 7) is 11.3. The van der Waals surface area contributed by atoms with Gasteiger partial charge in [0.05, 0.1) is 33.0 Å². The van der Waals surface area contributed by atoms with Gasteiger partial charge >= 0.3 is 0 Å². The van der Waals surface area contributed by atoms with Crippen LogP contribution in [0.2, 0.25) is 0 Å². The van der Waals surface area contributed by atoms with E-state index in [9.17, 15) is 0 Å². The molecule has 0 bridgehead atoms. The van der Waals surface area contributed by atoms with Crippen LogP contribution < -0.4 is 11.1 Å². The Kier molecular flexibility index (Phi) is 15.4. The van der Waals surface area contributed by atoms with E-state index in [1.807, 2.05) is 28.6 Å². The molecule has 0 aliphatic rings. The standard InChI is InChI=1S/C15H34N2O3S2/c1-15(2,3)22-21-14(6-5-8-17-4)20-13-12-19-11-10-18-9-7-16/h14,17H,5-13,16H2,1-4H3. The molecule has 22 heavy (non-hydrogen) atoms. The number of hydrogen-bond acceptors (Lipinski definition) is 7. The van der Waals surface area contributed by atoms with E-state index in [1.54, 1.807) is 0 Å². The molecule has 0 aliphatic heterocycles. The third-order valence-corrected chi connectivity index (χ3v) is 6.05. The summed E-state index contributed by atoms with van der Waals surface area (Å²) in [4.78, 5) is 0.